The summed E-state index contributed by atoms with van der Waals surface area (Å²) in [5, 5.41) is 0. The second kappa shape index (κ2) is 3.46. The summed E-state index contributed by atoms with van der Waals surface area (Å²) in [7, 11) is 0. The Balaban J connectivity index is 2.21. The van der Waals surface area contributed by atoms with Crippen LogP contribution in [0.5, 0.6) is 0 Å². The summed E-state index contributed by atoms with van der Waals surface area (Å²) in [4.78, 5) is 0. The number of alkyl halides is 1. The summed E-state index contributed by atoms with van der Waals surface area (Å²) in [5.74, 6) is 0.685. The van der Waals surface area contributed by atoms with Crippen molar-refractivity contribution >= 4 is 0 Å². The summed E-state index contributed by atoms with van der Waals surface area (Å²) < 4.78 is 13.2. The molecule has 1 fully saturated rings. The Morgan fingerprint density at radius 3 is 2.85 bits per heavy atom. The van der Waals surface area contributed by atoms with Crippen molar-refractivity contribution in [2.24, 2.45) is 5.73 Å². The number of nitrogens with two attached hydrogens (primary N) is 1. The Labute approximate surface area is 77.8 Å². The van der Waals surface area contributed by atoms with Crippen molar-refractivity contribution in [2.45, 2.75) is 24.9 Å². The predicted molar refractivity (Wildman–Crippen MR) is 51.3 cm³/mol. The highest BCUT2D eigenvalue weighted by molar-refractivity contribution is 5.30. The van der Waals surface area contributed by atoms with Gasteiger partial charge < -0.3 is 5.73 Å². The first-order valence-electron chi connectivity index (χ1n) is 4.75. The topological polar surface area (TPSA) is 26.0 Å². The van der Waals surface area contributed by atoms with Crippen LogP contribution in [0.1, 0.15) is 36.1 Å². The molecule has 0 radical (unpaired) electrons. The van der Waals surface area contributed by atoms with Crippen LogP contribution < -0.4 is 5.73 Å². The Morgan fingerprint density at radius 2 is 2.23 bits per heavy atom. The quantitative estimate of drug-likeness (QED) is 0.758. The van der Waals surface area contributed by atoms with Gasteiger partial charge in [0.2, 0.25) is 0 Å². The average molecular weight is 179 g/mol. The normalized spacial score (nSPS) is 18.6. The molecular weight excluding hydrogens is 165 g/mol. The van der Waals surface area contributed by atoms with E-state index >= 15 is 0 Å². The van der Waals surface area contributed by atoms with Gasteiger partial charge in [-0.15, -0.1) is 0 Å². The Bertz CT molecular complexity index is 294. The molecule has 13 heavy (non-hydrogen) atoms. The van der Waals surface area contributed by atoms with Gasteiger partial charge >= 0.3 is 0 Å². The lowest BCUT2D eigenvalue weighted by molar-refractivity contribution is 0.352. The smallest absolute Gasteiger partial charge is 0.137 e. The van der Waals surface area contributed by atoms with Crippen molar-refractivity contribution in [1.29, 1.82) is 0 Å². The molecule has 1 aromatic rings. The van der Waals surface area contributed by atoms with E-state index in [9.17, 15) is 4.39 Å². The summed E-state index contributed by atoms with van der Waals surface area (Å²) in [6.45, 7) is 0.0775. The number of halogens is 1. The van der Waals surface area contributed by atoms with Crippen molar-refractivity contribution < 1.29 is 4.39 Å². The third-order valence-corrected chi connectivity index (χ3v) is 2.53. The largest absolute Gasteiger partial charge is 0.327 e. The molecule has 1 atom stereocenters. The van der Waals surface area contributed by atoms with E-state index in [0.29, 0.717) is 5.92 Å². The minimum atomic E-state index is -1.00. The lowest BCUT2D eigenvalue weighted by atomic mass is 10.0. The van der Waals surface area contributed by atoms with Gasteiger partial charge in [0.1, 0.15) is 6.17 Å². The summed E-state index contributed by atoms with van der Waals surface area (Å²) in [5.41, 5.74) is 7.27. The van der Waals surface area contributed by atoms with Gasteiger partial charge in [-0.1, -0.05) is 24.3 Å². The molecule has 70 valence electrons. The Kier molecular flexibility index (Phi) is 2.32. The molecule has 0 saturated heterocycles. The molecule has 0 bridgehead atoms. The van der Waals surface area contributed by atoms with Crippen LogP contribution in [0, 0.1) is 0 Å². The Hall–Kier alpha value is -0.890. The monoisotopic (exact) mass is 179 g/mol. The van der Waals surface area contributed by atoms with Crippen LogP contribution in [0.15, 0.2) is 24.3 Å². The molecule has 1 aliphatic rings. The first-order chi connectivity index (χ1) is 6.31. The van der Waals surface area contributed by atoms with Crippen molar-refractivity contribution in [3.63, 3.8) is 0 Å². The maximum absolute atomic E-state index is 13.2. The molecule has 0 amide bonds. The van der Waals surface area contributed by atoms with E-state index in [0.717, 1.165) is 5.56 Å². The van der Waals surface area contributed by atoms with Crippen LogP contribution in [0.2, 0.25) is 0 Å². The highest BCUT2D eigenvalue weighted by Crippen LogP contribution is 2.40. The SMILES string of the molecule is NCC(F)c1cccc(C2CC2)c1. The third-order valence-electron chi connectivity index (χ3n) is 2.53. The molecule has 0 aromatic heterocycles. The van der Waals surface area contributed by atoms with Gasteiger partial charge in [0.05, 0.1) is 0 Å². The van der Waals surface area contributed by atoms with E-state index < -0.39 is 6.17 Å². The molecular formula is C11H14FN. The van der Waals surface area contributed by atoms with E-state index in [1.54, 1.807) is 0 Å². The van der Waals surface area contributed by atoms with E-state index in [1.165, 1.54) is 18.4 Å². The average Bonchev–Trinajstić information content (AvgIpc) is 3.00. The third kappa shape index (κ3) is 1.89. The van der Waals surface area contributed by atoms with Crippen LogP contribution in [0.3, 0.4) is 0 Å². The van der Waals surface area contributed by atoms with Gasteiger partial charge in [0, 0.05) is 6.54 Å². The number of benzene rings is 1. The minimum Gasteiger partial charge on any atom is -0.327 e. The first kappa shape index (κ1) is 8.70. The van der Waals surface area contributed by atoms with Crippen LogP contribution in [-0.4, -0.2) is 6.54 Å². The van der Waals surface area contributed by atoms with Crippen LogP contribution in [0.25, 0.3) is 0 Å². The van der Waals surface area contributed by atoms with Crippen molar-refractivity contribution in [3.8, 4) is 0 Å². The van der Waals surface area contributed by atoms with Crippen LogP contribution in [0.4, 0.5) is 4.39 Å². The molecule has 2 rings (SSSR count). The number of hydrogen-bond donors (Lipinski definition) is 1. The number of rotatable bonds is 3. The summed E-state index contributed by atoms with van der Waals surface area (Å²) >= 11 is 0. The fourth-order valence-electron chi connectivity index (χ4n) is 1.56. The zero-order valence-corrected chi connectivity index (χ0v) is 7.54. The van der Waals surface area contributed by atoms with Gasteiger partial charge in [-0.3, -0.25) is 0 Å². The highest BCUT2D eigenvalue weighted by Gasteiger charge is 2.23. The van der Waals surface area contributed by atoms with E-state index in [1.807, 2.05) is 18.2 Å². The second-order valence-corrected chi connectivity index (χ2v) is 3.65. The van der Waals surface area contributed by atoms with Gasteiger partial charge in [0.15, 0.2) is 0 Å². The summed E-state index contributed by atoms with van der Waals surface area (Å²) in [6.07, 6.45) is 1.50. The molecule has 1 unspecified atom stereocenters. The van der Waals surface area contributed by atoms with Crippen LogP contribution in [-0.2, 0) is 0 Å². The zero-order chi connectivity index (χ0) is 9.26. The predicted octanol–water partition coefficient (Wildman–Crippen LogP) is 2.53. The van der Waals surface area contributed by atoms with Crippen molar-refractivity contribution in [1.82, 2.24) is 0 Å². The van der Waals surface area contributed by atoms with E-state index in [4.69, 9.17) is 5.73 Å². The highest BCUT2D eigenvalue weighted by atomic mass is 19.1. The zero-order valence-electron chi connectivity index (χ0n) is 7.54. The second-order valence-electron chi connectivity index (χ2n) is 3.65. The lowest BCUT2D eigenvalue weighted by Gasteiger charge is -2.07. The lowest BCUT2D eigenvalue weighted by Crippen LogP contribution is -2.07. The van der Waals surface area contributed by atoms with E-state index in [-0.39, 0.29) is 6.54 Å². The molecule has 2 heteroatoms. The van der Waals surface area contributed by atoms with E-state index in [2.05, 4.69) is 6.07 Å². The minimum absolute atomic E-state index is 0.0775. The molecule has 0 heterocycles. The fourth-order valence-corrected chi connectivity index (χ4v) is 1.56. The molecule has 1 aliphatic carbocycles. The maximum Gasteiger partial charge on any atom is 0.137 e. The maximum atomic E-state index is 13.2. The molecule has 1 aromatic carbocycles. The van der Waals surface area contributed by atoms with Crippen molar-refractivity contribution in [2.75, 3.05) is 6.54 Å². The molecule has 1 saturated carbocycles. The molecule has 1 nitrogen and oxygen atoms in total. The first-order valence-corrected chi connectivity index (χ1v) is 4.75. The molecule has 0 spiro atoms. The Morgan fingerprint density at radius 1 is 1.46 bits per heavy atom. The summed E-state index contributed by atoms with van der Waals surface area (Å²) in [6, 6.07) is 7.76. The van der Waals surface area contributed by atoms with Crippen LogP contribution >= 0.6 is 0 Å². The van der Waals surface area contributed by atoms with Gasteiger partial charge in [-0.25, -0.2) is 4.39 Å². The molecule has 2 N–H and O–H groups in total. The standard InChI is InChI=1S/C11H14FN/c12-11(7-13)10-3-1-2-9(6-10)8-4-5-8/h1-3,6,8,11H,4-5,7,13H2. The molecule has 0 aliphatic heterocycles. The van der Waals surface area contributed by atoms with Gasteiger partial charge in [-0.2, -0.15) is 0 Å². The number of hydrogen-bond acceptors (Lipinski definition) is 1. The fraction of sp³-hybridized carbons (Fsp3) is 0.455. The van der Waals surface area contributed by atoms with Gasteiger partial charge in [0.25, 0.3) is 0 Å². The van der Waals surface area contributed by atoms with Crippen molar-refractivity contribution in [3.05, 3.63) is 35.4 Å². The van der Waals surface area contributed by atoms with Gasteiger partial charge in [-0.05, 0) is 29.9 Å².